The summed E-state index contributed by atoms with van der Waals surface area (Å²) in [5.41, 5.74) is 11.9. The summed E-state index contributed by atoms with van der Waals surface area (Å²) in [4.78, 5) is 15.0. The predicted molar refractivity (Wildman–Crippen MR) is 202 cm³/mol. The lowest BCUT2D eigenvalue weighted by Gasteiger charge is -2.33. The van der Waals surface area contributed by atoms with Gasteiger partial charge in [-0.15, -0.1) is 0 Å². The van der Waals surface area contributed by atoms with Crippen LogP contribution in [0.1, 0.15) is 6.42 Å². The van der Waals surface area contributed by atoms with Gasteiger partial charge in [0.15, 0.2) is 0 Å². The number of β-lactam (4-membered cyclic amide) rings is 1. The number of para-hydroxylation sites is 3. The van der Waals surface area contributed by atoms with Crippen LogP contribution in [-0.2, 0) is 4.79 Å². The predicted octanol–water partition coefficient (Wildman–Crippen LogP) is 12.1. The zero-order valence-corrected chi connectivity index (χ0v) is 26.8. The number of benzene rings is 7. The largest absolute Gasteiger partial charge is 0.456 e. The molecule has 1 fully saturated rings. The van der Waals surface area contributed by atoms with Gasteiger partial charge >= 0.3 is 0 Å². The van der Waals surface area contributed by atoms with Crippen LogP contribution in [0.3, 0.4) is 0 Å². The zero-order valence-electron chi connectivity index (χ0n) is 26.8. The Morgan fingerprint density at radius 1 is 0.400 bits per heavy atom. The highest BCUT2D eigenvalue weighted by atomic mass is 16.3. The SMILES string of the molecule is O=C1CCN1c1cc(-c2ccc3c(c2)oc2ccccc23)c(-c2ccc3c(c2)oc2ccccc23)cc1-c1ccc2c(c1)oc1ccccc12. The molecule has 0 saturated carbocycles. The molecule has 0 spiro atoms. The third-order valence-electron chi connectivity index (χ3n) is 10.3. The normalized spacial score (nSPS) is 13.4. The van der Waals surface area contributed by atoms with Gasteiger partial charge in [-0.25, -0.2) is 0 Å². The molecule has 1 saturated heterocycles. The first-order valence-electron chi connectivity index (χ1n) is 16.9. The van der Waals surface area contributed by atoms with Gasteiger partial charge in [-0.05, 0) is 94.5 Å². The van der Waals surface area contributed by atoms with Crippen LogP contribution in [0.2, 0.25) is 0 Å². The van der Waals surface area contributed by atoms with Crippen molar-refractivity contribution in [2.75, 3.05) is 11.4 Å². The van der Waals surface area contributed by atoms with Crippen molar-refractivity contribution in [2.45, 2.75) is 6.42 Å². The molecule has 3 aromatic heterocycles. The fraction of sp³-hybridized carbons (Fsp3) is 0.0444. The number of anilines is 1. The van der Waals surface area contributed by atoms with Crippen molar-refractivity contribution in [1.82, 2.24) is 0 Å². The van der Waals surface area contributed by atoms with Gasteiger partial charge in [-0.1, -0.05) is 72.8 Å². The van der Waals surface area contributed by atoms with Crippen molar-refractivity contribution >= 4 is 77.4 Å². The van der Waals surface area contributed by atoms with Crippen LogP contribution in [0.25, 0.3) is 99.2 Å². The van der Waals surface area contributed by atoms with E-state index in [1.807, 2.05) is 59.5 Å². The monoisotopic (exact) mass is 645 g/mol. The Morgan fingerprint density at radius 2 is 0.800 bits per heavy atom. The lowest BCUT2D eigenvalue weighted by Crippen LogP contribution is -2.43. The van der Waals surface area contributed by atoms with Gasteiger partial charge in [0.1, 0.15) is 33.5 Å². The number of carbonyl (C=O) groups excluding carboxylic acids is 1. The van der Waals surface area contributed by atoms with Gasteiger partial charge in [0, 0.05) is 50.8 Å². The smallest absolute Gasteiger partial charge is 0.228 e. The van der Waals surface area contributed by atoms with Crippen molar-refractivity contribution in [3.8, 4) is 33.4 Å². The molecule has 0 aliphatic carbocycles. The summed E-state index contributed by atoms with van der Waals surface area (Å²) in [5.74, 6) is 0.117. The topological polar surface area (TPSA) is 59.7 Å². The van der Waals surface area contributed by atoms with Crippen LogP contribution in [0.15, 0.2) is 153 Å². The number of amides is 1. The van der Waals surface area contributed by atoms with Crippen LogP contribution >= 0.6 is 0 Å². The number of fused-ring (bicyclic) bond motifs is 9. The third-order valence-corrected chi connectivity index (χ3v) is 10.3. The average Bonchev–Trinajstić information content (AvgIpc) is 3.84. The molecule has 236 valence electrons. The van der Waals surface area contributed by atoms with Crippen LogP contribution in [0.4, 0.5) is 5.69 Å². The Balaban J connectivity index is 1.18. The van der Waals surface area contributed by atoms with E-state index in [0.29, 0.717) is 13.0 Å². The zero-order chi connectivity index (χ0) is 32.9. The Bertz CT molecular complexity index is 3030. The molecule has 1 aliphatic rings. The fourth-order valence-corrected chi connectivity index (χ4v) is 7.77. The Labute approximate surface area is 285 Å². The molecule has 0 radical (unpaired) electrons. The highest BCUT2D eigenvalue weighted by molar-refractivity contribution is 6.11. The highest BCUT2D eigenvalue weighted by Gasteiger charge is 2.29. The van der Waals surface area contributed by atoms with Gasteiger partial charge in [-0.3, -0.25) is 4.79 Å². The molecule has 50 heavy (non-hydrogen) atoms. The van der Waals surface area contributed by atoms with Gasteiger partial charge in [-0.2, -0.15) is 0 Å². The second-order valence-electron chi connectivity index (χ2n) is 13.1. The van der Waals surface area contributed by atoms with Gasteiger partial charge in [0.2, 0.25) is 5.91 Å². The van der Waals surface area contributed by atoms with E-state index in [4.69, 9.17) is 13.3 Å². The molecule has 1 aliphatic heterocycles. The molecular formula is C45H27NO4. The number of hydrogen-bond donors (Lipinski definition) is 0. The minimum Gasteiger partial charge on any atom is -0.456 e. The summed E-state index contributed by atoms with van der Waals surface area (Å²) in [6, 6.07) is 48.0. The summed E-state index contributed by atoms with van der Waals surface area (Å²) in [7, 11) is 0. The number of furan rings is 3. The second kappa shape index (κ2) is 10.2. The van der Waals surface area contributed by atoms with Crippen LogP contribution in [-0.4, -0.2) is 12.5 Å². The van der Waals surface area contributed by atoms with Crippen molar-refractivity contribution in [3.63, 3.8) is 0 Å². The third kappa shape index (κ3) is 3.98. The van der Waals surface area contributed by atoms with Crippen molar-refractivity contribution < 1.29 is 18.0 Å². The summed E-state index contributed by atoms with van der Waals surface area (Å²) < 4.78 is 19.0. The quantitative estimate of drug-likeness (QED) is 0.179. The number of nitrogens with zero attached hydrogens (tertiary/aromatic N) is 1. The fourth-order valence-electron chi connectivity index (χ4n) is 7.77. The maximum absolute atomic E-state index is 13.1. The standard InChI is InChI=1S/C45H27NO4/c47-45-19-20-46(45)38-25-36(27-14-17-33-30-8-2-5-11-40(30)49-43(33)22-27)35(26-13-16-32-29-7-1-4-10-39(29)48-42(32)21-26)24-37(38)28-15-18-34-31-9-3-6-12-41(31)50-44(34)23-28/h1-18,21-25H,19-20H2. The van der Waals surface area contributed by atoms with E-state index in [0.717, 1.165) is 105 Å². The van der Waals surface area contributed by atoms with E-state index in [2.05, 4.69) is 84.9 Å². The second-order valence-corrected chi connectivity index (χ2v) is 13.1. The van der Waals surface area contributed by atoms with Crippen molar-refractivity contribution in [1.29, 1.82) is 0 Å². The van der Waals surface area contributed by atoms with E-state index in [-0.39, 0.29) is 5.91 Å². The van der Waals surface area contributed by atoms with Crippen LogP contribution in [0, 0.1) is 0 Å². The van der Waals surface area contributed by atoms with Crippen molar-refractivity contribution in [3.05, 3.63) is 140 Å². The Hall–Kier alpha value is -6.59. The first-order chi connectivity index (χ1) is 24.7. The number of carbonyl (C=O) groups is 1. The molecule has 0 N–H and O–H groups in total. The molecule has 10 aromatic rings. The average molecular weight is 646 g/mol. The molecule has 4 heterocycles. The maximum Gasteiger partial charge on any atom is 0.228 e. The molecular weight excluding hydrogens is 618 g/mol. The molecule has 0 atom stereocenters. The first-order valence-corrected chi connectivity index (χ1v) is 16.9. The summed E-state index contributed by atoms with van der Waals surface area (Å²) in [5, 5.41) is 6.49. The summed E-state index contributed by atoms with van der Waals surface area (Å²) >= 11 is 0. The van der Waals surface area contributed by atoms with E-state index in [1.165, 1.54) is 0 Å². The molecule has 1 amide bonds. The van der Waals surface area contributed by atoms with Gasteiger partial charge in [0.25, 0.3) is 0 Å². The molecule has 7 aromatic carbocycles. The van der Waals surface area contributed by atoms with Gasteiger partial charge in [0.05, 0.1) is 5.69 Å². The van der Waals surface area contributed by atoms with E-state index >= 15 is 0 Å². The maximum atomic E-state index is 13.1. The minimum atomic E-state index is 0.117. The van der Waals surface area contributed by atoms with E-state index < -0.39 is 0 Å². The van der Waals surface area contributed by atoms with Crippen molar-refractivity contribution in [2.24, 2.45) is 0 Å². The molecule has 5 heteroatoms. The molecule has 0 unspecified atom stereocenters. The lowest BCUT2D eigenvalue weighted by atomic mass is 9.88. The van der Waals surface area contributed by atoms with Crippen LogP contribution in [0.5, 0.6) is 0 Å². The lowest BCUT2D eigenvalue weighted by molar-refractivity contribution is -0.122. The summed E-state index contributed by atoms with van der Waals surface area (Å²) in [6.07, 6.45) is 0.535. The summed E-state index contributed by atoms with van der Waals surface area (Å²) in [6.45, 7) is 0.672. The highest BCUT2D eigenvalue weighted by Crippen LogP contribution is 2.46. The molecule has 11 rings (SSSR count). The Kier molecular flexibility index (Phi) is 5.59. The number of rotatable bonds is 4. The van der Waals surface area contributed by atoms with E-state index in [9.17, 15) is 4.79 Å². The van der Waals surface area contributed by atoms with Crippen LogP contribution < -0.4 is 4.90 Å². The molecule has 0 bridgehead atoms. The number of hydrogen-bond acceptors (Lipinski definition) is 4. The Morgan fingerprint density at radius 3 is 1.22 bits per heavy atom. The first kappa shape index (κ1) is 27.4. The van der Waals surface area contributed by atoms with E-state index in [1.54, 1.807) is 0 Å². The van der Waals surface area contributed by atoms with Gasteiger partial charge < -0.3 is 18.2 Å². The minimum absolute atomic E-state index is 0.117. The molecule has 5 nitrogen and oxygen atoms in total.